The summed E-state index contributed by atoms with van der Waals surface area (Å²) in [5, 5.41) is 47.5. The van der Waals surface area contributed by atoms with Crippen LogP contribution >= 0.6 is 0 Å². The van der Waals surface area contributed by atoms with E-state index in [1.807, 2.05) is 0 Å². The third kappa shape index (κ3) is 14.6. The molecule has 0 aliphatic carbocycles. The van der Waals surface area contributed by atoms with Crippen LogP contribution in [-0.4, -0.2) is 112 Å². The Morgan fingerprint density at radius 2 is 1.23 bits per heavy atom. The standard InChI is InChI=1S/C22H36N6O12/c1-10(2)5-12(19(36)26-11(22(39)40)3-4-17(32)33)27-20(37)13(6-18(34)35)28-21(38)14(9-29)25-16(31)8-24-15(30)7-23/h10-14,29H,3-9,23H2,1-2H3,(H,24,30)(H,25,31)(H,26,36)(H,27,37)(H,28,38)(H,32,33)(H,34,35)(H,39,40)/t11-,12-,13-,14-/m0/s1. The first kappa shape index (κ1) is 35.7. The zero-order chi connectivity index (χ0) is 31.0. The fraction of sp³-hybridized carbons (Fsp3) is 0.636. The summed E-state index contributed by atoms with van der Waals surface area (Å²) in [6, 6.07) is -6.43. The number of hydrogen-bond acceptors (Lipinski definition) is 10. The number of aliphatic hydroxyl groups is 1. The van der Waals surface area contributed by atoms with Crippen molar-refractivity contribution < 1.29 is 58.8 Å². The van der Waals surface area contributed by atoms with Crippen molar-refractivity contribution in [1.82, 2.24) is 26.6 Å². The van der Waals surface area contributed by atoms with Gasteiger partial charge in [0.2, 0.25) is 29.5 Å². The van der Waals surface area contributed by atoms with E-state index < -0.39 is 111 Å². The number of nitrogens with two attached hydrogens (primary N) is 1. The van der Waals surface area contributed by atoms with E-state index >= 15 is 0 Å². The van der Waals surface area contributed by atoms with Crippen molar-refractivity contribution in [2.75, 3.05) is 19.7 Å². The van der Waals surface area contributed by atoms with Gasteiger partial charge in [0.1, 0.15) is 24.2 Å². The fourth-order valence-corrected chi connectivity index (χ4v) is 3.12. The average molecular weight is 577 g/mol. The molecule has 0 aliphatic heterocycles. The van der Waals surface area contributed by atoms with Crippen molar-refractivity contribution in [2.45, 2.75) is 63.7 Å². The van der Waals surface area contributed by atoms with Crippen molar-refractivity contribution >= 4 is 47.4 Å². The van der Waals surface area contributed by atoms with Gasteiger partial charge in [-0.3, -0.25) is 33.6 Å². The lowest BCUT2D eigenvalue weighted by Gasteiger charge is -2.26. The van der Waals surface area contributed by atoms with E-state index in [-0.39, 0.29) is 12.3 Å². The molecule has 0 spiro atoms. The molecule has 0 bridgehead atoms. The van der Waals surface area contributed by atoms with Gasteiger partial charge in [-0.25, -0.2) is 4.79 Å². The Morgan fingerprint density at radius 3 is 1.70 bits per heavy atom. The summed E-state index contributed by atoms with van der Waals surface area (Å²) in [5.74, 6) is -9.44. The molecule has 0 aliphatic rings. The number of aliphatic carboxylic acids is 3. The molecule has 11 N–H and O–H groups in total. The van der Waals surface area contributed by atoms with Crippen LogP contribution in [0.1, 0.15) is 39.5 Å². The molecule has 0 saturated heterocycles. The number of carbonyl (C=O) groups excluding carboxylic acids is 5. The van der Waals surface area contributed by atoms with Crippen LogP contribution in [0.5, 0.6) is 0 Å². The summed E-state index contributed by atoms with van der Waals surface area (Å²) in [4.78, 5) is 94.9. The molecule has 0 aromatic rings. The Kier molecular flexibility index (Phi) is 16.1. The minimum absolute atomic E-state index is 0.0412. The summed E-state index contributed by atoms with van der Waals surface area (Å²) in [6.45, 7) is 1.39. The lowest BCUT2D eigenvalue weighted by atomic mass is 10.0. The third-order valence-corrected chi connectivity index (χ3v) is 5.08. The Morgan fingerprint density at radius 1 is 0.700 bits per heavy atom. The fourth-order valence-electron chi connectivity index (χ4n) is 3.12. The average Bonchev–Trinajstić information content (AvgIpc) is 2.86. The molecule has 40 heavy (non-hydrogen) atoms. The zero-order valence-electron chi connectivity index (χ0n) is 22.0. The molecule has 0 fully saturated rings. The Balaban J connectivity index is 5.61. The number of carbonyl (C=O) groups is 8. The highest BCUT2D eigenvalue weighted by atomic mass is 16.4. The highest BCUT2D eigenvalue weighted by Gasteiger charge is 2.32. The second-order valence-corrected chi connectivity index (χ2v) is 8.97. The van der Waals surface area contributed by atoms with Gasteiger partial charge in [-0.2, -0.15) is 0 Å². The molecule has 0 saturated carbocycles. The van der Waals surface area contributed by atoms with Gasteiger partial charge in [0.15, 0.2) is 0 Å². The van der Waals surface area contributed by atoms with E-state index in [2.05, 4.69) is 26.6 Å². The number of nitrogens with one attached hydrogen (secondary N) is 5. The summed E-state index contributed by atoms with van der Waals surface area (Å²) in [6.07, 6.45) is -2.02. The van der Waals surface area contributed by atoms with Gasteiger partial charge in [0.05, 0.1) is 26.1 Å². The van der Waals surface area contributed by atoms with Gasteiger partial charge >= 0.3 is 17.9 Å². The monoisotopic (exact) mass is 576 g/mol. The van der Waals surface area contributed by atoms with Crippen molar-refractivity contribution in [3.8, 4) is 0 Å². The summed E-state index contributed by atoms with van der Waals surface area (Å²) < 4.78 is 0. The first-order valence-corrected chi connectivity index (χ1v) is 12.1. The highest BCUT2D eigenvalue weighted by molar-refractivity contribution is 5.96. The predicted molar refractivity (Wildman–Crippen MR) is 133 cm³/mol. The van der Waals surface area contributed by atoms with Crippen molar-refractivity contribution in [2.24, 2.45) is 11.7 Å². The van der Waals surface area contributed by atoms with Crippen LogP contribution in [0.3, 0.4) is 0 Å². The van der Waals surface area contributed by atoms with Gasteiger partial charge in [0.25, 0.3) is 0 Å². The number of rotatable bonds is 19. The maximum Gasteiger partial charge on any atom is 0.326 e. The molecular weight excluding hydrogens is 540 g/mol. The van der Waals surface area contributed by atoms with Crippen LogP contribution in [0.15, 0.2) is 0 Å². The van der Waals surface area contributed by atoms with Crippen LogP contribution in [0, 0.1) is 5.92 Å². The molecule has 0 rings (SSSR count). The van der Waals surface area contributed by atoms with Crippen LogP contribution in [0.25, 0.3) is 0 Å². The largest absolute Gasteiger partial charge is 0.481 e. The van der Waals surface area contributed by atoms with E-state index in [0.717, 1.165) is 0 Å². The molecule has 0 radical (unpaired) electrons. The van der Waals surface area contributed by atoms with Crippen molar-refractivity contribution in [3.05, 3.63) is 0 Å². The Labute approximate surface area is 228 Å². The van der Waals surface area contributed by atoms with Crippen molar-refractivity contribution in [1.29, 1.82) is 0 Å². The number of hydrogen-bond donors (Lipinski definition) is 10. The van der Waals surface area contributed by atoms with Crippen LogP contribution in [-0.2, 0) is 38.4 Å². The molecule has 226 valence electrons. The molecular formula is C22H36N6O12. The molecule has 0 heterocycles. The van der Waals surface area contributed by atoms with Gasteiger partial charge in [-0.1, -0.05) is 13.8 Å². The van der Waals surface area contributed by atoms with Crippen LogP contribution in [0.2, 0.25) is 0 Å². The van der Waals surface area contributed by atoms with E-state index in [0.29, 0.717) is 0 Å². The summed E-state index contributed by atoms with van der Waals surface area (Å²) >= 11 is 0. The van der Waals surface area contributed by atoms with Crippen molar-refractivity contribution in [3.63, 3.8) is 0 Å². The normalized spacial score (nSPS) is 13.6. The molecule has 0 unspecified atom stereocenters. The third-order valence-electron chi connectivity index (χ3n) is 5.08. The minimum Gasteiger partial charge on any atom is -0.481 e. The van der Waals surface area contributed by atoms with Gasteiger partial charge in [0, 0.05) is 6.42 Å². The summed E-state index contributed by atoms with van der Waals surface area (Å²) in [7, 11) is 0. The quantitative estimate of drug-likeness (QED) is 0.0693. The van der Waals surface area contributed by atoms with E-state index in [1.165, 1.54) is 0 Å². The lowest BCUT2D eigenvalue weighted by Crippen LogP contribution is -2.59. The first-order chi connectivity index (χ1) is 18.6. The molecule has 18 heteroatoms. The summed E-state index contributed by atoms with van der Waals surface area (Å²) in [5.41, 5.74) is 5.09. The highest BCUT2D eigenvalue weighted by Crippen LogP contribution is 2.08. The van der Waals surface area contributed by atoms with Gasteiger partial charge < -0.3 is 52.7 Å². The van der Waals surface area contributed by atoms with E-state index in [1.54, 1.807) is 13.8 Å². The zero-order valence-corrected chi connectivity index (χ0v) is 22.0. The molecule has 0 aromatic heterocycles. The maximum absolute atomic E-state index is 12.9. The van der Waals surface area contributed by atoms with Crippen LogP contribution < -0.4 is 32.3 Å². The van der Waals surface area contributed by atoms with Gasteiger partial charge in [-0.15, -0.1) is 0 Å². The lowest BCUT2D eigenvalue weighted by molar-refractivity contribution is -0.144. The molecule has 0 aromatic carbocycles. The molecule has 5 amide bonds. The topological polar surface area (TPSA) is 304 Å². The maximum atomic E-state index is 12.9. The Hall–Kier alpha value is -4.32. The first-order valence-electron chi connectivity index (χ1n) is 12.1. The van der Waals surface area contributed by atoms with E-state index in [9.17, 15) is 53.7 Å². The minimum atomic E-state index is -1.79. The number of aliphatic hydroxyl groups excluding tert-OH is 1. The van der Waals surface area contributed by atoms with Gasteiger partial charge in [-0.05, 0) is 18.8 Å². The smallest absolute Gasteiger partial charge is 0.326 e. The second kappa shape index (κ2) is 18.1. The number of amides is 5. The Bertz CT molecular complexity index is 957. The molecule has 18 nitrogen and oxygen atoms in total. The predicted octanol–water partition coefficient (Wildman–Crippen LogP) is -4.54. The van der Waals surface area contributed by atoms with E-state index in [4.69, 9.17) is 10.8 Å². The molecule has 4 atom stereocenters. The number of carboxylic acids is 3. The second-order valence-electron chi connectivity index (χ2n) is 8.97. The van der Waals surface area contributed by atoms with Crippen LogP contribution in [0.4, 0.5) is 0 Å². The number of carboxylic acid groups (broad SMARTS) is 3. The SMILES string of the molecule is CC(C)C[C@H](NC(=O)[C@H](CC(=O)O)NC(=O)[C@H](CO)NC(=O)CNC(=O)CN)C(=O)N[C@@H](CCC(=O)O)C(=O)O.